The van der Waals surface area contributed by atoms with E-state index in [0.29, 0.717) is 39.0 Å². The molecule has 4 rings (SSSR count). The molecule has 0 spiro atoms. The highest BCUT2D eigenvalue weighted by atomic mass is 16.5. The van der Waals surface area contributed by atoms with Crippen molar-refractivity contribution in [3.05, 3.63) is 112 Å². The standard InChI is InChI=1S/C25H18O6/c1-29-20-11-12-21-19(13-23(26)31-22(21)14-20)15-30-25(28)18-9-7-17(8-10-18)24(27)16-5-3-2-4-6-16/h2-14H,15H2,1H3. The minimum atomic E-state index is -0.561. The van der Waals surface area contributed by atoms with Crippen LogP contribution in [0.3, 0.4) is 0 Å². The smallest absolute Gasteiger partial charge is 0.338 e. The summed E-state index contributed by atoms with van der Waals surface area (Å²) in [5.74, 6) is -0.137. The van der Waals surface area contributed by atoms with Crippen molar-refractivity contribution in [3.8, 4) is 5.75 Å². The Balaban J connectivity index is 1.49. The zero-order valence-corrected chi connectivity index (χ0v) is 16.7. The van der Waals surface area contributed by atoms with Gasteiger partial charge in [0.2, 0.25) is 0 Å². The van der Waals surface area contributed by atoms with Crippen LogP contribution < -0.4 is 10.4 Å². The van der Waals surface area contributed by atoms with Crippen LogP contribution in [0, 0.1) is 0 Å². The van der Waals surface area contributed by atoms with Gasteiger partial charge in [-0.15, -0.1) is 0 Å². The molecule has 0 atom stereocenters. The molecule has 0 radical (unpaired) electrons. The molecule has 0 aliphatic rings. The molecule has 0 aliphatic carbocycles. The van der Waals surface area contributed by atoms with E-state index >= 15 is 0 Å². The highest BCUT2D eigenvalue weighted by Crippen LogP contribution is 2.23. The number of methoxy groups -OCH3 is 1. The number of rotatable bonds is 6. The molecule has 6 nitrogen and oxygen atoms in total. The lowest BCUT2D eigenvalue weighted by molar-refractivity contribution is 0.0473. The van der Waals surface area contributed by atoms with Crippen molar-refractivity contribution in [2.24, 2.45) is 0 Å². The van der Waals surface area contributed by atoms with E-state index in [-0.39, 0.29) is 12.4 Å². The molecular weight excluding hydrogens is 396 g/mol. The van der Waals surface area contributed by atoms with Crippen molar-refractivity contribution in [2.45, 2.75) is 6.61 Å². The van der Waals surface area contributed by atoms with Gasteiger partial charge in [-0.1, -0.05) is 42.5 Å². The van der Waals surface area contributed by atoms with Crippen LogP contribution in [0.4, 0.5) is 0 Å². The minimum Gasteiger partial charge on any atom is -0.497 e. The summed E-state index contributed by atoms with van der Waals surface area (Å²) in [4.78, 5) is 36.8. The SMILES string of the molecule is COc1ccc2c(COC(=O)c3ccc(C(=O)c4ccccc4)cc3)cc(=O)oc2c1. The Kier molecular flexibility index (Phi) is 5.62. The molecule has 31 heavy (non-hydrogen) atoms. The van der Waals surface area contributed by atoms with E-state index < -0.39 is 11.6 Å². The first-order valence-electron chi connectivity index (χ1n) is 9.53. The average molecular weight is 414 g/mol. The van der Waals surface area contributed by atoms with Gasteiger partial charge in [-0.3, -0.25) is 4.79 Å². The lowest BCUT2D eigenvalue weighted by Crippen LogP contribution is -2.08. The van der Waals surface area contributed by atoms with E-state index in [2.05, 4.69) is 0 Å². The summed E-state index contributed by atoms with van der Waals surface area (Å²) in [5.41, 5.74) is 1.68. The summed E-state index contributed by atoms with van der Waals surface area (Å²) in [6.45, 7) is -0.0992. The van der Waals surface area contributed by atoms with Crippen LogP contribution in [-0.2, 0) is 11.3 Å². The number of fused-ring (bicyclic) bond motifs is 1. The summed E-state index contributed by atoms with van der Waals surface area (Å²) >= 11 is 0. The molecule has 4 aromatic rings. The first-order valence-corrected chi connectivity index (χ1v) is 9.53. The number of benzene rings is 3. The highest BCUT2D eigenvalue weighted by molar-refractivity contribution is 6.09. The summed E-state index contributed by atoms with van der Waals surface area (Å²) in [6, 6.07) is 21.5. The van der Waals surface area contributed by atoms with E-state index in [0.717, 1.165) is 0 Å². The maximum atomic E-state index is 12.5. The fraction of sp³-hybridized carbons (Fsp3) is 0.0800. The first-order chi connectivity index (χ1) is 15.0. The van der Waals surface area contributed by atoms with Gasteiger partial charge in [-0.25, -0.2) is 9.59 Å². The Hall–Kier alpha value is -4.19. The normalized spacial score (nSPS) is 10.6. The van der Waals surface area contributed by atoms with Gasteiger partial charge >= 0.3 is 11.6 Å². The Morgan fingerprint density at radius 3 is 2.23 bits per heavy atom. The van der Waals surface area contributed by atoms with Crippen molar-refractivity contribution < 1.29 is 23.5 Å². The van der Waals surface area contributed by atoms with Crippen molar-refractivity contribution in [2.75, 3.05) is 7.11 Å². The van der Waals surface area contributed by atoms with E-state index in [1.54, 1.807) is 66.7 Å². The molecule has 0 aliphatic heterocycles. The maximum absolute atomic E-state index is 12.5. The molecule has 0 fully saturated rings. The summed E-state index contributed by atoms with van der Waals surface area (Å²) < 4.78 is 15.7. The summed E-state index contributed by atoms with van der Waals surface area (Å²) in [7, 11) is 1.52. The lowest BCUT2D eigenvalue weighted by atomic mass is 10.0. The van der Waals surface area contributed by atoms with Crippen LogP contribution in [0.25, 0.3) is 11.0 Å². The molecular formula is C25H18O6. The van der Waals surface area contributed by atoms with E-state index in [1.165, 1.54) is 13.2 Å². The largest absolute Gasteiger partial charge is 0.497 e. The predicted octanol–water partition coefficient (Wildman–Crippen LogP) is 4.39. The average Bonchev–Trinajstić information content (AvgIpc) is 2.82. The highest BCUT2D eigenvalue weighted by Gasteiger charge is 2.13. The Morgan fingerprint density at radius 2 is 1.52 bits per heavy atom. The van der Waals surface area contributed by atoms with E-state index in [9.17, 15) is 14.4 Å². The molecule has 1 aromatic heterocycles. The number of ketones is 1. The molecule has 154 valence electrons. The van der Waals surface area contributed by atoms with Gasteiger partial charge in [-0.2, -0.15) is 0 Å². The number of hydrogen-bond donors (Lipinski definition) is 0. The van der Waals surface area contributed by atoms with Gasteiger partial charge in [0.15, 0.2) is 5.78 Å². The quantitative estimate of drug-likeness (QED) is 0.264. The van der Waals surface area contributed by atoms with Crippen LogP contribution in [0.15, 0.2) is 88.1 Å². The zero-order chi connectivity index (χ0) is 21.8. The monoisotopic (exact) mass is 414 g/mol. The van der Waals surface area contributed by atoms with E-state index in [1.807, 2.05) is 6.07 Å². The summed E-state index contributed by atoms with van der Waals surface area (Å²) in [6.07, 6.45) is 0. The second kappa shape index (κ2) is 8.67. The molecule has 0 bridgehead atoms. The number of hydrogen-bond acceptors (Lipinski definition) is 6. The van der Waals surface area contributed by atoms with Crippen LogP contribution >= 0.6 is 0 Å². The fourth-order valence-electron chi connectivity index (χ4n) is 3.20. The number of ether oxygens (including phenoxy) is 2. The predicted molar refractivity (Wildman–Crippen MR) is 114 cm³/mol. The van der Waals surface area contributed by atoms with Crippen molar-refractivity contribution in [1.82, 2.24) is 0 Å². The molecule has 0 saturated carbocycles. The van der Waals surface area contributed by atoms with Crippen molar-refractivity contribution >= 4 is 22.7 Å². The third kappa shape index (κ3) is 4.38. The molecule has 3 aromatic carbocycles. The van der Waals surface area contributed by atoms with Crippen molar-refractivity contribution in [1.29, 1.82) is 0 Å². The number of carbonyl (C=O) groups is 2. The molecule has 0 N–H and O–H groups in total. The molecule has 1 heterocycles. The van der Waals surface area contributed by atoms with Gasteiger partial charge in [0, 0.05) is 34.2 Å². The zero-order valence-electron chi connectivity index (χ0n) is 16.7. The second-order valence-corrected chi connectivity index (χ2v) is 6.80. The molecule has 0 amide bonds. The van der Waals surface area contributed by atoms with Crippen molar-refractivity contribution in [3.63, 3.8) is 0 Å². The van der Waals surface area contributed by atoms with Gasteiger partial charge in [0.25, 0.3) is 0 Å². The number of esters is 1. The lowest BCUT2D eigenvalue weighted by Gasteiger charge is -2.09. The first kappa shape index (κ1) is 20.1. The topological polar surface area (TPSA) is 82.8 Å². The van der Waals surface area contributed by atoms with E-state index in [4.69, 9.17) is 13.9 Å². The fourth-order valence-corrected chi connectivity index (χ4v) is 3.20. The number of carbonyl (C=O) groups excluding carboxylic acids is 2. The van der Waals surface area contributed by atoms with Crippen LogP contribution in [0.1, 0.15) is 31.8 Å². The second-order valence-electron chi connectivity index (χ2n) is 6.80. The molecule has 0 saturated heterocycles. The third-order valence-corrected chi connectivity index (χ3v) is 4.81. The van der Waals surface area contributed by atoms with Gasteiger partial charge in [-0.05, 0) is 24.3 Å². The Labute approximate surface area is 177 Å². The third-order valence-electron chi connectivity index (χ3n) is 4.81. The molecule has 0 unspecified atom stereocenters. The maximum Gasteiger partial charge on any atom is 0.338 e. The van der Waals surface area contributed by atoms with Crippen LogP contribution in [0.2, 0.25) is 0 Å². The van der Waals surface area contributed by atoms with Gasteiger partial charge in [0.05, 0.1) is 12.7 Å². The Morgan fingerprint density at radius 1 is 0.839 bits per heavy atom. The Bertz CT molecular complexity index is 1300. The summed E-state index contributed by atoms with van der Waals surface area (Å²) in [5, 5.41) is 0.650. The van der Waals surface area contributed by atoms with Crippen LogP contribution in [-0.4, -0.2) is 18.9 Å². The van der Waals surface area contributed by atoms with Gasteiger partial charge < -0.3 is 13.9 Å². The van der Waals surface area contributed by atoms with Gasteiger partial charge in [0.1, 0.15) is 17.9 Å². The minimum absolute atomic E-state index is 0.0992. The van der Waals surface area contributed by atoms with Crippen LogP contribution in [0.5, 0.6) is 5.75 Å². The molecule has 6 heteroatoms.